The molecule has 0 saturated carbocycles. The maximum absolute atomic E-state index is 5.49. The third kappa shape index (κ3) is 2.77. The van der Waals surface area contributed by atoms with Crippen molar-refractivity contribution in [2.24, 2.45) is 11.7 Å². The Balaban J connectivity index is 1.88. The Labute approximate surface area is 68.5 Å². The van der Waals surface area contributed by atoms with Gasteiger partial charge in [0, 0.05) is 26.2 Å². The van der Waals surface area contributed by atoms with Crippen LogP contribution in [0.1, 0.15) is 6.92 Å². The fraction of sp³-hybridized carbons (Fsp3) is 1.00. The number of hydrogen-bond donors (Lipinski definition) is 1. The molecule has 1 saturated heterocycles. The summed E-state index contributed by atoms with van der Waals surface area (Å²) in [4.78, 5) is 2.38. The lowest BCUT2D eigenvalue weighted by molar-refractivity contribution is 0.0553. The highest BCUT2D eigenvalue weighted by atomic mass is 16.5. The van der Waals surface area contributed by atoms with E-state index in [4.69, 9.17) is 10.5 Å². The van der Waals surface area contributed by atoms with Crippen LogP contribution in [0.25, 0.3) is 0 Å². The molecular weight excluding hydrogens is 140 g/mol. The summed E-state index contributed by atoms with van der Waals surface area (Å²) in [5.41, 5.74) is 5.49. The first-order valence-corrected chi connectivity index (χ1v) is 4.37. The van der Waals surface area contributed by atoms with E-state index in [0.717, 1.165) is 32.2 Å². The molecule has 0 atom stereocenters. The Morgan fingerprint density at radius 2 is 2.27 bits per heavy atom. The molecule has 1 rings (SSSR count). The molecule has 0 unspecified atom stereocenters. The maximum atomic E-state index is 5.49. The minimum absolute atomic E-state index is 0.747. The van der Waals surface area contributed by atoms with Crippen molar-refractivity contribution >= 4 is 0 Å². The van der Waals surface area contributed by atoms with Crippen molar-refractivity contribution in [2.45, 2.75) is 6.92 Å². The van der Waals surface area contributed by atoms with Crippen LogP contribution >= 0.6 is 0 Å². The van der Waals surface area contributed by atoms with Crippen molar-refractivity contribution in [3.8, 4) is 0 Å². The summed E-state index contributed by atoms with van der Waals surface area (Å²) in [5, 5.41) is 0. The monoisotopic (exact) mass is 158 g/mol. The van der Waals surface area contributed by atoms with Crippen LogP contribution in [0.3, 0.4) is 0 Å². The second-order valence-electron chi connectivity index (χ2n) is 3.06. The van der Waals surface area contributed by atoms with Gasteiger partial charge < -0.3 is 15.4 Å². The Morgan fingerprint density at radius 1 is 1.55 bits per heavy atom. The molecule has 3 heteroatoms. The fourth-order valence-electron chi connectivity index (χ4n) is 1.35. The summed E-state index contributed by atoms with van der Waals surface area (Å²) in [5.74, 6) is 0.747. The van der Waals surface area contributed by atoms with Gasteiger partial charge in [-0.15, -0.1) is 0 Å². The molecule has 1 aliphatic rings. The Hall–Kier alpha value is -0.120. The number of nitrogens with zero attached hydrogens (tertiary/aromatic N) is 1. The largest absolute Gasteiger partial charge is 0.380 e. The van der Waals surface area contributed by atoms with E-state index in [0.29, 0.717) is 0 Å². The van der Waals surface area contributed by atoms with Gasteiger partial charge in [-0.25, -0.2) is 0 Å². The van der Waals surface area contributed by atoms with E-state index in [1.165, 1.54) is 13.1 Å². The molecule has 0 aliphatic carbocycles. The Bertz CT molecular complexity index is 102. The summed E-state index contributed by atoms with van der Waals surface area (Å²) < 4.78 is 5.24. The molecule has 0 spiro atoms. The van der Waals surface area contributed by atoms with Crippen LogP contribution in [0.15, 0.2) is 0 Å². The highest BCUT2D eigenvalue weighted by Crippen LogP contribution is 2.12. The van der Waals surface area contributed by atoms with Crippen LogP contribution < -0.4 is 5.73 Å². The van der Waals surface area contributed by atoms with Crippen LogP contribution in [-0.4, -0.2) is 44.3 Å². The first-order chi connectivity index (χ1) is 5.36. The predicted molar refractivity (Wildman–Crippen MR) is 45.5 cm³/mol. The lowest BCUT2D eigenvalue weighted by atomic mass is 10.0. The maximum Gasteiger partial charge on any atom is 0.0593 e. The van der Waals surface area contributed by atoms with E-state index < -0.39 is 0 Å². The molecule has 1 fully saturated rings. The van der Waals surface area contributed by atoms with Gasteiger partial charge in [0.25, 0.3) is 0 Å². The second-order valence-corrected chi connectivity index (χ2v) is 3.06. The van der Waals surface area contributed by atoms with Crippen LogP contribution in [0, 0.1) is 5.92 Å². The third-order valence-corrected chi connectivity index (χ3v) is 2.12. The standard InChI is InChI=1S/C8H18N2O/c1-2-11-4-3-10-6-8(5-9)7-10/h8H,2-7,9H2,1H3. The number of nitrogens with two attached hydrogens (primary N) is 1. The van der Waals surface area contributed by atoms with Gasteiger partial charge in [0.05, 0.1) is 6.61 Å². The summed E-state index contributed by atoms with van der Waals surface area (Å²) >= 11 is 0. The Morgan fingerprint density at radius 3 is 2.82 bits per heavy atom. The summed E-state index contributed by atoms with van der Waals surface area (Å²) in [6.45, 7) is 7.98. The van der Waals surface area contributed by atoms with Crippen molar-refractivity contribution < 1.29 is 4.74 Å². The molecule has 0 radical (unpaired) electrons. The van der Waals surface area contributed by atoms with Gasteiger partial charge in [-0.3, -0.25) is 0 Å². The normalized spacial score (nSPS) is 20.2. The van der Waals surface area contributed by atoms with E-state index in [-0.39, 0.29) is 0 Å². The molecule has 1 aliphatic heterocycles. The summed E-state index contributed by atoms with van der Waals surface area (Å²) in [6, 6.07) is 0. The molecule has 66 valence electrons. The van der Waals surface area contributed by atoms with Crippen LogP contribution in [0.2, 0.25) is 0 Å². The summed E-state index contributed by atoms with van der Waals surface area (Å²) in [6.07, 6.45) is 0. The zero-order chi connectivity index (χ0) is 8.10. The number of ether oxygens (including phenoxy) is 1. The van der Waals surface area contributed by atoms with Crippen molar-refractivity contribution in [3.05, 3.63) is 0 Å². The molecular formula is C8H18N2O. The molecule has 11 heavy (non-hydrogen) atoms. The van der Waals surface area contributed by atoms with Crippen LogP contribution in [0.5, 0.6) is 0 Å². The van der Waals surface area contributed by atoms with Crippen molar-refractivity contribution in [2.75, 3.05) is 39.4 Å². The molecule has 0 amide bonds. The molecule has 0 aromatic carbocycles. The zero-order valence-corrected chi connectivity index (χ0v) is 7.25. The molecule has 1 heterocycles. The van der Waals surface area contributed by atoms with E-state index in [9.17, 15) is 0 Å². The minimum Gasteiger partial charge on any atom is -0.380 e. The van der Waals surface area contributed by atoms with Gasteiger partial charge in [-0.2, -0.15) is 0 Å². The number of rotatable bonds is 5. The number of likely N-dealkylation sites (tertiary alicyclic amines) is 1. The number of hydrogen-bond acceptors (Lipinski definition) is 3. The van der Waals surface area contributed by atoms with Crippen molar-refractivity contribution in [1.82, 2.24) is 4.90 Å². The molecule has 2 N–H and O–H groups in total. The third-order valence-electron chi connectivity index (χ3n) is 2.12. The molecule has 0 aromatic heterocycles. The van der Waals surface area contributed by atoms with Gasteiger partial charge in [-0.05, 0) is 19.4 Å². The smallest absolute Gasteiger partial charge is 0.0593 e. The highest BCUT2D eigenvalue weighted by Gasteiger charge is 2.24. The quantitative estimate of drug-likeness (QED) is 0.568. The van der Waals surface area contributed by atoms with E-state index >= 15 is 0 Å². The Kier molecular flexibility index (Phi) is 3.83. The lowest BCUT2D eigenvalue weighted by Gasteiger charge is -2.38. The highest BCUT2D eigenvalue weighted by molar-refractivity contribution is 4.79. The first kappa shape index (κ1) is 8.97. The van der Waals surface area contributed by atoms with Gasteiger partial charge in [0.15, 0.2) is 0 Å². The van der Waals surface area contributed by atoms with Gasteiger partial charge in [-0.1, -0.05) is 0 Å². The fourth-order valence-corrected chi connectivity index (χ4v) is 1.35. The average Bonchev–Trinajstić information content (AvgIpc) is 1.94. The molecule has 0 bridgehead atoms. The molecule has 0 aromatic rings. The van der Waals surface area contributed by atoms with E-state index in [2.05, 4.69) is 4.90 Å². The first-order valence-electron chi connectivity index (χ1n) is 4.37. The van der Waals surface area contributed by atoms with Crippen molar-refractivity contribution in [1.29, 1.82) is 0 Å². The van der Waals surface area contributed by atoms with Gasteiger partial charge >= 0.3 is 0 Å². The molecule has 3 nitrogen and oxygen atoms in total. The van der Waals surface area contributed by atoms with Gasteiger partial charge in [0.1, 0.15) is 0 Å². The van der Waals surface area contributed by atoms with Crippen molar-refractivity contribution in [3.63, 3.8) is 0 Å². The second kappa shape index (κ2) is 4.70. The van der Waals surface area contributed by atoms with E-state index in [1.807, 2.05) is 6.92 Å². The average molecular weight is 158 g/mol. The summed E-state index contributed by atoms with van der Waals surface area (Å²) in [7, 11) is 0. The zero-order valence-electron chi connectivity index (χ0n) is 7.25. The predicted octanol–water partition coefficient (Wildman–Crippen LogP) is -0.0866. The topological polar surface area (TPSA) is 38.5 Å². The minimum atomic E-state index is 0.747. The SMILES string of the molecule is CCOCCN1CC(CN)C1. The van der Waals surface area contributed by atoms with Crippen LogP contribution in [0.4, 0.5) is 0 Å². The van der Waals surface area contributed by atoms with Gasteiger partial charge in [0.2, 0.25) is 0 Å². The van der Waals surface area contributed by atoms with Crippen LogP contribution in [-0.2, 0) is 4.74 Å². The van der Waals surface area contributed by atoms with E-state index in [1.54, 1.807) is 0 Å². The lowest BCUT2D eigenvalue weighted by Crippen LogP contribution is -2.50.